The Kier molecular flexibility index (Phi) is 5.80. The number of alkyl halides is 3. The van der Waals surface area contributed by atoms with Crippen molar-refractivity contribution in [2.24, 2.45) is 0 Å². The number of ether oxygens (including phenoxy) is 1. The number of benzene rings is 3. The van der Waals surface area contributed by atoms with Crippen molar-refractivity contribution < 1.29 is 35.9 Å². The van der Waals surface area contributed by atoms with Gasteiger partial charge in [0.25, 0.3) is 5.91 Å². The maximum Gasteiger partial charge on any atom is 0.573 e. The summed E-state index contributed by atoms with van der Waals surface area (Å²) in [4.78, 5) is 24.7. The van der Waals surface area contributed by atoms with Crippen LogP contribution in [0.1, 0.15) is 10.4 Å². The van der Waals surface area contributed by atoms with Gasteiger partial charge < -0.3 is 15.4 Å². The summed E-state index contributed by atoms with van der Waals surface area (Å²) in [6.45, 7) is -0.114. The number of amides is 2. The smallest absolute Gasteiger partial charge is 0.406 e. The number of halogens is 3. The molecule has 5 rings (SSSR count). The number of fused-ring (bicyclic) bond motifs is 1. The SMILES string of the molecule is O=C1NCC(S(=O)(=O)c2ccc3c(c#cn3C(=O)c3ccc(OC(F)(F)F)cc3)c2-c2ccccc2)N1. The van der Waals surface area contributed by atoms with E-state index >= 15 is 0 Å². The lowest BCUT2D eigenvalue weighted by Crippen LogP contribution is -2.34. The van der Waals surface area contributed by atoms with E-state index in [-0.39, 0.29) is 33.5 Å². The molecule has 0 radical (unpaired) electrons. The van der Waals surface area contributed by atoms with Crippen LogP contribution >= 0.6 is 0 Å². The molecule has 1 aliphatic heterocycles. The molecule has 3 aromatic carbocycles. The molecule has 8 nitrogen and oxygen atoms in total. The van der Waals surface area contributed by atoms with Gasteiger partial charge in [-0.05, 0) is 48.0 Å². The lowest BCUT2D eigenvalue weighted by molar-refractivity contribution is -0.274. The lowest BCUT2D eigenvalue weighted by atomic mass is 10.0. The van der Waals surface area contributed by atoms with Crippen LogP contribution in [0.5, 0.6) is 5.75 Å². The summed E-state index contributed by atoms with van der Waals surface area (Å²) in [5, 5.41) is 3.92. The van der Waals surface area contributed by atoms with Gasteiger partial charge in [-0.3, -0.25) is 4.79 Å². The molecule has 37 heavy (non-hydrogen) atoms. The molecule has 2 amide bonds. The van der Waals surface area contributed by atoms with Gasteiger partial charge in [0.2, 0.25) is 9.84 Å². The first-order chi connectivity index (χ1) is 17.5. The summed E-state index contributed by atoms with van der Waals surface area (Å²) in [5.74, 6) is -1.10. The van der Waals surface area contributed by atoms with E-state index < -0.39 is 39.3 Å². The van der Waals surface area contributed by atoms with Crippen LogP contribution in [0.3, 0.4) is 0 Å². The summed E-state index contributed by atoms with van der Waals surface area (Å²) < 4.78 is 69.2. The number of rotatable bonds is 5. The van der Waals surface area contributed by atoms with E-state index in [0.717, 1.165) is 16.7 Å². The van der Waals surface area contributed by atoms with E-state index in [1.165, 1.54) is 24.3 Å². The van der Waals surface area contributed by atoms with Gasteiger partial charge in [-0.1, -0.05) is 30.3 Å². The second kappa shape index (κ2) is 8.86. The number of carbonyl (C=O) groups excluding carboxylic acids is 2. The fourth-order valence-electron chi connectivity index (χ4n) is 4.05. The highest BCUT2D eigenvalue weighted by Gasteiger charge is 2.36. The standard InChI is InChI=1S/C25H16F3N3O5S/c26-25(27,28)36-17-8-6-16(7-9-17)23(32)31-13-12-18-19(31)10-11-20(22(18)15-4-2-1-3-5-15)37(34,35)21-14-29-24(33)30-21/h1-11,21H,14H2,(H2,29,30,33). The number of nitrogens with one attached hydrogen (secondary N) is 2. The maximum atomic E-state index is 13.5. The highest BCUT2D eigenvalue weighted by molar-refractivity contribution is 7.92. The minimum atomic E-state index is -4.87. The number of hydrogen-bond donors (Lipinski definition) is 2. The van der Waals surface area contributed by atoms with Crippen molar-refractivity contribution in [1.82, 2.24) is 15.2 Å². The molecule has 2 heterocycles. The second-order valence-electron chi connectivity index (χ2n) is 8.04. The van der Waals surface area contributed by atoms with E-state index in [0.29, 0.717) is 5.56 Å². The first-order valence-corrected chi connectivity index (χ1v) is 12.3. The van der Waals surface area contributed by atoms with Crippen LogP contribution in [0.15, 0.2) is 71.6 Å². The number of nitrogens with zero attached hydrogens (tertiary/aromatic N) is 1. The van der Waals surface area contributed by atoms with Crippen LogP contribution in [0.4, 0.5) is 18.0 Å². The van der Waals surface area contributed by atoms with Crippen LogP contribution in [0.2, 0.25) is 0 Å². The van der Waals surface area contributed by atoms with E-state index in [9.17, 15) is 31.2 Å². The minimum Gasteiger partial charge on any atom is -0.406 e. The largest absolute Gasteiger partial charge is 0.573 e. The molecule has 0 spiro atoms. The van der Waals surface area contributed by atoms with Crippen LogP contribution in [0.25, 0.3) is 22.0 Å². The maximum absolute atomic E-state index is 13.5. The fraction of sp³-hybridized carbons (Fsp3) is 0.120. The first-order valence-electron chi connectivity index (χ1n) is 10.8. The normalized spacial score (nSPS) is 15.6. The molecule has 188 valence electrons. The summed E-state index contributed by atoms with van der Waals surface area (Å²) in [6, 6.07) is 18.0. The Hall–Kier alpha value is -4.50. The zero-order chi connectivity index (χ0) is 26.4. The Labute approximate surface area is 208 Å². The van der Waals surface area contributed by atoms with Gasteiger partial charge in [-0.25, -0.2) is 17.8 Å². The van der Waals surface area contributed by atoms with E-state index in [2.05, 4.69) is 27.6 Å². The molecule has 1 saturated heterocycles. The highest BCUT2D eigenvalue weighted by Crippen LogP contribution is 2.36. The highest BCUT2D eigenvalue weighted by atomic mass is 32.2. The summed E-state index contributed by atoms with van der Waals surface area (Å²) in [7, 11) is -4.05. The Morgan fingerprint density at radius 3 is 2.35 bits per heavy atom. The van der Waals surface area contributed by atoms with Crippen LogP contribution in [-0.2, 0) is 9.84 Å². The predicted octanol–water partition coefficient (Wildman–Crippen LogP) is 3.91. The third-order valence-corrected chi connectivity index (χ3v) is 7.69. The van der Waals surface area contributed by atoms with Crippen molar-refractivity contribution in [1.29, 1.82) is 0 Å². The third-order valence-electron chi connectivity index (χ3n) is 5.70. The molecule has 1 aliphatic rings. The first kappa shape index (κ1) is 24.2. The molecule has 1 fully saturated rings. The van der Waals surface area contributed by atoms with Gasteiger partial charge in [0.1, 0.15) is 5.75 Å². The zero-order valence-corrected chi connectivity index (χ0v) is 19.5. The Morgan fingerprint density at radius 2 is 1.73 bits per heavy atom. The van der Waals surface area contributed by atoms with Crippen molar-refractivity contribution >= 4 is 32.7 Å². The molecule has 1 atom stereocenters. The van der Waals surface area contributed by atoms with E-state index in [4.69, 9.17) is 0 Å². The van der Waals surface area contributed by atoms with Gasteiger partial charge >= 0.3 is 12.4 Å². The van der Waals surface area contributed by atoms with Gasteiger partial charge in [0, 0.05) is 17.3 Å². The quantitative estimate of drug-likeness (QED) is 0.410. The second-order valence-corrected chi connectivity index (χ2v) is 10.1. The van der Waals surface area contributed by atoms with Crippen LogP contribution < -0.4 is 15.4 Å². The predicted molar refractivity (Wildman–Crippen MR) is 125 cm³/mol. The molecule has 2 N–H and O–H groups in total. The van der Waals surface area contributed by atoms with E-state index in [1.807, 2.05) is 0 Å². The molecule has 12 heteroatoms. The number of sulfone groups is 1. The fourth-order valence-corrected chi connectivity index (χ4v) is 5.68. The minimum absolute atomic E-state index is 0.0503. The summed E-state index contributed by atoms with van der Waals surface area (Å²) in [5.41, 5.74) is 1.14. The van der Waals surface area contributed by atoms with Crippen molar-refractivity contribution in [2.75, 3.05) is 6.54 Å². The third kappa shape index (κ3) is 4.56. The molecule has 0 saturated carbocycles. The number of aromatic nitrogens is 1. The van der Waals surface area contributed by atoms with Crippen LogP contribution in [0, 0.1) is 12.3 Å². The Bertz CT molecular complexity index is 1620. The molecule has 1 aromatic heterocycles. The van der Waals surface area contributed by atoms with Gasteiger partial charge in [0.05, 0.1) is 22.3 Å². The van der Waals surface area contributed by atoms with Gasteiger partial charge in [-0.2, -0.15) is 0 Å². The average molecular weight is 527 g/mol. The average Bonchev–Trinajstić information content (AvgIpc) is 3.50. The topological polar surface area (TPSA) is 107 Å². The summed E-state index contributed by atoms with van der Waals surface area (Å²) in [6.07, 6.45) is -2.18. The number of hydrogen-bond acceptors (Lipinski definition) is 5. The molecule has 0 aliphatic carbocycles. The van der Waals surface area contributed by atoms with E-state index in [1.54, 1.807) is 30.3 Å². The van der Waals surface area contributed by atoms with Gasteiger partial charge in [0.15, 0.2) is 5.37 Å². The van der Waals surface area contributed by atoms with Crippen molar-refractivity contribution in [3.63, 3.8) is 0 Å². The van der Waals surface area contributed by atoms with Gasteiger partial charge in [-0.15, -0.1) is 13.2 Å². The summed E-state index contributed by atoms with van der Waals surface area (Å²) >= 11 is 0. The Morgan fingerprint density at radius 1 is 1.03 bits per heavy atom. The van der Waals surface area contributed by atoms with Crippen molar-refractivity contribution in [3.8, 4) is 16.9 Å². The van der Waals surface area contributed by atoms with Crippen LogP contribution in [-0.4, -0.2) is 43.2 Å². The monoisotopic (exact) mass is 527 g/mol. The zero-order valence-electron chi connectivity index (χ0n) is 18.7. The molecule has 4 aromatic rings. The number of carbonyl (C=O) groups is 2. The molecule has 0 bridgehead atoms. The lowest BCUT2D eigenvalue weighted by Gasteiger charge is -2.16. The molecule has 1 unspecified atom stereocenters. The number of urea groups is 1. The van der Waals surface area contributed by atoms with Crippen molar-refractivity contribution in [3.05, 3.63) is 84.6 Å². The van der Waals surface area contributed by atoms with Crippen molar-refractivity contribution in [2.45, 2.75) is 16.6 Å². The molecular formula is C25H16F3N3O5S. The Balaban J connectivity index is 1.60. The molecular weight excluding hydrogens is 511 g/mol.